The van der Waals surface area contributed by atoms with Crippen LogP contribution < -0.4 is 0 Å². The number of halogens is 3. The van der Waals surface area contributed by atoms with Gasteiger partial charge in [0.2, 0.25) is 0 Å². The number of nitrogens with one attached hydrogen (secondary N) is 1. The van der Waals surface area contributed by atoms with Crippen molar-refractivity contribution in [1.29, 1.82) is 0 Å². The molecule has 1 aromatic carbocycles. The molecular weight excluding hydrogens is 243 g/mol. The highest BCUT2D eigenvalue weighted by molar-refractivity contribution is 5.94. The number of aliphatic imine (C=N–C) groups is 1. The van der Waals surface area contributed by atoms with Crippen LogP contribution in [0.5, 0.6) is 0 Å². The van der Waals surface area contributed by atoms with Crippen LogP contribution in [0.15, 0.2) is 29.5 Å². The zero-order valence-electron chi connectivity index (χ0n) is 9.12. The van der Waals surface area contributed by atoms with Gasteiger partial charge in [0.15, 0.2) is 0 Å². The Labute approximate surface area is 100 Å². The van der Waals surface area contributed by atoms with Crippen molar-refractivity contribution in [3.05, 3.63) is 41.2 Å². The van der Waals surface area contributed by atoms with Gasteiger partial charge in [0.05, 0.1) is 18.3 Å². The number of benzene rings is 1. The number of aromatic nitrogens is 2. The van der Waals surface area contributed by atoms with Crippen LogP contribution >= 0.6 is 0 Å². The summed E-state index contributed by atoms with van der Waals surface area (Å²) < 4.78 is 38.4. The van der Waals surface area contributed by atoms with Gasteiger partial charge in [-0.25, -0.2) is 0 Å². The summed E-state index contributed by atoms with van der Waals surface area (Å²) >= 11 is 0. The first kappa shape index (κ1) is 11.0. The van der Waals surface area contributed by atoms with Gasteiger partial charge in [-0.05, 0) is 23.3 Å². The van der Waals surface area contributed by atoms with Crippen molar-refractivity contribution in [3.8, 4) is 11.1 Å². The Morgan fingerprint density at radius 1 is 1.22 bits per heavy atom. The highest BCUT2D eigenvalue weighted by Gasteiger charge is 2.32. The van der Waals surface area contributed by atoms with Crippen LogP contribution in [-0.2, 0) is 12.7 Å². The largest absolute Gasteiger partial charge is 0.416 e. The van der Waals surface area contributed by atoms with Crippen molar-refractivity contribution >= 4 is 6.21 Å². The van der Waals surface area contributed by atoms with Gasteiger partial charge in [-0.2, -0.15) is 18.3 Å². The first-order valence-electron chi connectivity index (χ1n) is 5.29. The fourth-order valence-electron chi connectivity index (χ4n) is 2.03. The maximum atomic E-state index is 12.8. The Kier molecular flexibility index (Phi) is 2.26. The van der Waals surface area contributed by atoms with E-state index >= 15 is 0 Å². The number of hydrogen-bond donors (Lipinski definition) is 1. The molecule has 1 aromatic heterocycles. The molecule has 6 heteroatoms. The third-order valence-electron chi connectivity index (χ3n) is 2.88. The van der Waals surface area contributed by atoms with Crippen molar-refractivity contribution < 1.29 is 13.2 Å². The average molecular weight is 251 g/mol. The molecule has 0 unspecified atom stereocenters. The second-order valence-corrected chi connectivity index (χ2v) is 4.05. The van der Waals surface area contributed by atoms with E-state index in [9.17, 15) is 13.2 Å². The number of nitrogens with zero attached hydrogens (tertiary/aromatic N) is 2. The van der Waals surface area contributed by atoms with Gasteiger partial charge >= 0.3 is 6.18 Å². The monoisotopic (exact) mass is 251 g/mol. The van der Waals surface area contributed by atoms with E-state index in [1.54, 1.807) is 12.4 Å². The number of rotatable bonds is 1. The van der Waals surface area contributed by atoms with E-state index in [4.69, 9.17) is 0 Å². The van der Waals surface area contributed by atoms with Crippen LogP contribution in [0.4, 0.5) is 13.2 Å². The molecule has 18 heavy (non-hydrogen) atoms. The van der Waals surface area contributed by atoms with Crippen molar-refractivity contribution in [3.63, 3.8) is 0 Å². The molecule has 0 spiro atoms. The van der Waals surface area contributed by atoms with Crippen molar-refractivity contribution in [2.75, 3.05) is 0 Å². The average Bonchev–Trinajstić information content (AvgIpc) is 2.97. The summed E-state index contributed by atoms with van der Waals surface area (Å²) in [5.74, 6) is 0. The van der Waals surface area contributed by atoms with E-state index in [1.807, 2.05) is 0 Å². The molecule has 2 heterocycles. The van der Waals surface area contributed by atoms with E-state index in [0.717, 1.165) is 17.7 Å². The second kappa shape index (κ2) is 3.69. The summed E-state index contributed by atoms with van der Waals surface area (Å²) in [5.41, 5.74) is 1.83. The summed E-state index contributed by atoms with van der Waals surface area (Å²) in [6, 6.07) is 2.30. The van der Waals surface area contributed by atoms with Crippen LogP contribution in [0.2, 0.25) is 0 Å². The number of aromatic amines is 1. The molecule has 0 fully saturated rings. The van der Waals surface area contributed by atoms with Crippen LogP contribution in [0.25, 0.3) is 11.1 Å². The Morgan fingerprint density at radius 2 is 2.06 bits per heavy atom. The molecule has 92 valence electrons. The van der Waals surface area contributed by atoms with Gasteiger partial charge in [-0.1, -0.05) is 0 Å². The summed E-state index contributed by atoms with van der Waals surface area (Å²) in [7, 11) is 0. The molecule has 3 rings (SSSR count). The second-order valence-electron chi connectivity index (χ2n) is 4.05. The lowest BCUT2D eigenvalue weighted by atomic mass is 9.96. The normalized spacial score (nSPS) is 13.9. The lowest BCUT2D eigenvalue weighted by molar-refractivity contribution is -0.137. The molecule has 1 aliphatic rings. The van der Waals surface area contributed by atoms with E-state index in [-0.39, 0.29) is 0 Å². The maximum Gasteiger partial charge on any atom is 0.416 e. The number of hydrogen-bond acceptors (Lipinski definition) is 2. The predicted octanol–water partition coefficient (Wildman–Crippen LogP) is 3.03. The fourth-order valence-corrected chi connectivity index (χ4v) is 2.03. The van der Waals surface area contributed by atoms with Gasteiger partial charge in [-0.15, -0.1) is 0 Å². The van der Waals surface area contributed by atoms with Crippen molar-refractivity contribution in [2.45, 2.75) is 12.7 Å². The first-order chi connectivity index (χ1) is 8.55. The summed E-state index contributed by atoms with van der Waals surface area (Å²) in [6.45, 7) is 0.296. The van der Waals surface area contributed by atoms with Crippen LogP contribution in [0.1, 0.15) is 16.7 Å². The van der Waals surface area contributed by atoms with Crippen LogP contribution in [0, 0.1) is 0 Å². The molecule has 0 radical (unpaired) electrons. The maximum absolute atomic E-state index is 12.8. The zero-order chi connectivity index (χ0) is 12.8. The van der Waals surface area contributed by atoms with E-state index in [0.29, 0.717) is 23.2 Å². The zero-order valence-corrected chi connectivity index (χ0v) is 9.12. The molecule has 0 atom stereocenters. The number of H-pyrrole nitrogens is 1. The fraction of sp³-hybridized carbons (Fsp3) is 0.167. The molecule has 0 aliphatic carbocycles. The van der Waals surface area contributed by atoms with E-state index in [1.165, 1.54) is 6.20 Å². The molecule has 0 amide bonds. The lowest BCUT2D eigenvalue weighted by Crippen LogP contribution is -2.07. The lowest BCUT2D eigenvalue weighted by Gasteiger charge is -2.12. The van der Waals surface area contributed by atoms with Gasteiger partial charge in [0, 0.05) is 23.5 Å². The minimum atomic E-state index is -4.35. The molecule has 2 aromatic rings. The van der Waals surface area contributed by atoms with Gasteiger partial charge in [-0.3, -0.25) is 10.1 Å². The topological polar surface area (TPSA) is 41.0 Å². The summed E-state index contributed by atoms with van der Waals surface area (Å²) in [5, 5.41) is 6.37. The van der Waals surface area contributed by atoms with E-state index in [2.05, 4.69) is 15.2 Å². The smallest absolute Gasteiger partial charge is 0.288 e. The molecule has 0 bridgehead atoms. The van der Waals surface area contributed by atoms with Gasteiger partial charge in [0.1, 0.15) is 0 Å². The molecule has 1 aliphatic heterocycles. The van der Waals surface area contributed by atoms with Crippen LogP contribution in [0.3, 0.4) is 0 Å². The number of fused-ring (bicyclic) bond motifs is 1. The van der Waals surface area contributed by atoms with Crippen LogP contribution in [-0.4, -0.2) is 16.4 Å². The Morgan fingerprint density at radius 3 is 2.72 bits per heavy atom. The molecular formula is C12H8F3N3. The SMILES string of the molecule is FC(F)(F)c1cc2c(c(-c3cn[nH]c3)c1)C=NC2. The Hall–Kier alpha value is -2.11. The summed E-state index contributed by atoms with van der Waals surface area (Å²) in [4.78, 5) is 4.02. The first-order valence-corrected chi connectivity index (χ1v) is 5.29. The third kappa shape index (κ3) is 1.70. The summed E-state index contributed by atoms with van der Waals surface area (Å²) in [6.07, 6.45) is 0.331. The minimum absolute atomic E-state index is 0.296. The van der Waals surface area contributed by atoms with E-state index < -0.39 is 11.7 Å². The molecule has 0 saturated carbocycles. The highest BCUT2D eigenvalue weighted by Crippen LogP contribution is 2.36. The Balaban J connectivity index is 2.23. The third-order valence-corrected chi connectivity index (χ3v) is 2.88. The minimum Gasteiger partial charge on any atom is -0.288 e. The Bertz CT molecular complexity index is 612. The highest BCUT2D eigenvalue weighted by atomic mass is 19.4. The van der Waals surface area contributed by atoms with Gasteiger partial charge in [0.25, 0.3) is 0 Å². The number of alkyl halides is 3. The quantitative estimate of drug-likeness (QED) is 0.831. The van der Waals surface area contributed by atoms with Gasteiger partial charge < -0.3 is 0 Å². The van der Waals surface area contributed by atoms with Crippen molar-refractivity contribution in [1.82, 2.24) is 10.2 Å². The molecule has 0 saturated heterocycles. The standard InChI is InChI=1S/C12H8F3N3/c13-12(14,15)9-1-7-3-16-6-11(7)10(2-9)8-4-17-18-5-8/h1-2,4-6H,3H2,(H,17,18). The molecule has 1 N–H and O–H groups in total. The predicted molar refractivity (Wildman–Crippen MR) is 60.3 cm³/mol. The van der Waals surface area contributed by atoms with Crippen molar-refractivity contribution in [2.24, 2.45) is 4.99 Å². The molecule has 3 nitrogen and oxygen atoms in total.